The Morgan fingerprint density at radius 2 is 2.14 bits per heavy atom. The van der Waals surface area contributed by atoms with Gasteiger partial charge in [-0.05, 0) is 38.1 Å². The number of carbonyl (C=O) groups excluding carboxylic acids is 1. The topological polar surface area (TPSA) is 65.2 Å². The summed E-state index contributed by atoms with van der Waals surface area (Å²) in [7, 11) is 0. The second kappa shape index (κ2) is 7.21. The van der Waals surface area contributed by atoms with Crippen LogP contribution in [-0.4, -0.2) is 22.7 Å². The van der Waals surface area contributed by atoms with Crippen LogP contribution in [-0.2, 0) is 15.3 Å². The maximum atomic E-state index is 12.8. The van der Waals surface area contributed by atoms with Crippen LogP contribution in [0.4, 0.5) is 4.39 Å². The van der Waals surface area contributed by atoms with E-state index in [1.54, 1.807) is 26.0 Å². The number of ether oxygens (including phenoxy) is 1. The molecule has 1 aromatic carbocycles. The Hall–Kier alpha value is -1.89. The molecule has 0 fully saturated rings. The van der Waals surface area contributed by atoms with E-state index in [-0.39, 0.29) is 17.7 Å². The molecule has 0 saturated carbocycles. The lowest BCUT2D eigenvalue weighted by molar-refractivity contribution is -0.145. The minimum Gasteiger partial charge on any atom is -0.465 e. The first-order chi connectivity index (χ1) is 10.1. The molecule has 1 atom stereocenters. The highest BCUT2D eigenvalue weighted by Gasteiger charge is 2.23. The highest BCUT2D eigenvalue weighted by Crippen LogP contribution is 2.23. The molecule has 0 amide bonds. The van der Waals surface area contributed by atoms with E-state index in [0.717, 1.165) is 4.90 Å². The normalized spacial score (nSPS) is 12.1. The number of aromatic nitrogens is 2. The standard InChI is InChI=1S/C14H15FN2O3S/c1-3-19-14(18)9(2)13-16-12(17-20-13)8-21-11-6-4-10(15)5-7-11/h4-7,9H,3,8H2,1-2H3. The van der Waals surface area contributed by atoms with Crippen molar-refractivity contribution in [2.24, 2.45) is 0 Å². The van der Waals surface area contributed by atoms with E-state index in [2.05, 4.69) is 10.1 Å². The van der Waals surface area contributed by atoms with Crippen molar-refractivity contribution in [1.29, 1.82) is 0 Å². The van der Waals surface area contributed by atoms with Gasteiger partial charge in [0, 0.05) is 4.90 Å². The van der Waals surface area contributed by atoms with Gasteiger partial charge < -0.3 is 9.26 Å². The molecule has 0 aliphatic heterocycles. The van der Waals surface area contributed by atoms with E-state index in [4.69, 9.17) is 9.26 Å². The molecular weight excluding hydrogens is 295 g/mol. The van der Waals surface area contributed by atoms with Gasteiger partial charge in [-0.15, -0.1) is 11.8 Å². The molecule has 7 heteroatoms. The molecule has 1 unspecified atom stereocenters. The van der Waals surface area contributed by atoms with Gasteiger partial charge in [0.2, 0.25) is 5.89 Å². The molecule has 0 spiro atoms. The molecule has 21 heavy (non-hydrogen) atoms. The second-order valence-corrected chi connectivity index (χ2v) is 5.31. The number of rotatable bonds is 6. The third-order valence-corrected chi connectivity index (χ3v) is 3.68. The van der Waals surface area contributed by atoms with E-state index in [0.29, 0.717) is 18.2 Å². The van der Waals surface area contributed by atoms with Crippen molar-refractivity contribution < 1.29 is 18.4 Å². The van der Waals surface area contributed by atoms with E-state index in [1.165, 1.54) is 23.9 Å². The molecular formula is C14H15FN2O3S. The fraction of sp³-hybridized carbons (Fsp3) is 0.357. The molecule has 2 rings (SSSR count). The smallest absolute Gasteiger partial charge is 0.318 e. The summed E-state index contributed by atoms with van der Waals surface area (Å²) in [5.41, 5.74) is 0. The Labute approximate surface area is 125 Å². The second-order valence-electron chi connectivity index (χ2n) is 4.27. The van der Waals surface area contributed by atoms with E-state index >= 15 is 0 Å². The third-order valence-electron chi connectivity index (χ3n) is 2.68. The quantitative estimate of drug-likeness (QED) is 0.603. The fourth-order valence-electron chi connectivity index (χ4n) is 1.55. The summed E-state index contributed by atoms with van der Waals surface area (Å²) in [5.74, 6) is -0.0472. The van der Waals surface area contributed by atoms with Crippen LogP contribution in [0.15, 0.2) is 33.7 Å². The Morgan fingerprint density at radius 1 is 1.43 bits per heavy atom. The van der Waals surface area contributed by atoms with Crippen LogP contribution in [0.5, 0.6) is 0 Å². The minimum atomic E-state index is -0.581. The summed E-state index contributed by atoms with van der Waals surface area (Å²) >= 11 is 1.46. The van der Waals surface area contributed by atoms with Crippen LogP contribution in [0.2, 0.25) is 0 Å². The summed E-state index contributed by atoms with van der Waals surface area (Å²) in [5, 5.41) is 3.82. The maximum absolute atomic E-state index is 12.8. The number of hydrogen-bond acceptors (Lipinski definition) is 6. The number of nitrogens with zero attached hydrogens (tertiary/aromatic N) is 2. The van der Waals surface area contributed by atoms with Crippen molar-refractivity contribution in [3.63, 3.8) is 0 Å². The first-order valence-electron chi connectivity index (χ1n) is 6.47. The van der Waals surface area contributed by atoms with Gasteiger partial charge in [0.05, 0.1) is 12.4 Å². The van der Waals surface area contributed by atoms with Crippen LogP contribution in [0.3, 0.4) is 0 Å². The number of esters is 1. The molecule has 0 aliphatic rings. The molecule has 0 saturated heterocycles. The molecule has 0 radical (unpaired) electrons. The molecule has 0 bridgehead atoms. The molecule has 5 nitrogen and oxygen atoms in total. The highest BCUT2D eigenvalue weighted by atomic mass is 32.2. The largest absolute Gasteiger partial charge is 0.465 e. The zero-order valence-electron chi connectivity index (χ0n) is 11.7. The van der Waals surface area contributed by atoms with Crippen molar-refractivity contribution in [3.05, 3.63) is 41.8 Å². The van der Waals surface area contributed by atoms with Crippen molar-refractivity contribution in [2.75, 3.05) is 6.61 Å². The summed E-state index contributed by atoms with van der Waals surface area (Å²) in [6.07, 6.45) is 0. The Morgan fingerprint density at radius 3 is 2.81 bits per heavy atom. The van der Waals surface area contributed by atoms with Gasteiger partial charge in [-0.1, -0.05) is 5.16 Å². The number of halogens is 1. The fourth-order valence-corrected chi connectivity index (χ4v) is 2.29. The van der Waals surface area contributed by atoms with Gasteiger partial charge in [0.15, 0.2) is 5.82 Å². The Bertz CT molecular complexity index is 601. The maximum Gasteiger partial charge on any atom is 0.318 e. The summed E-state index contributed by atoms with van der Waals surface area (Å²) in [6, 6.07) is 6.16. The van der Waals surface area contributed by atoms with Crippen LogP contribution in [0, 0.1) is 5.82 Å². The van der Waals surface area contributed by atoms with Gasteiger partial charge in [0.1, 0.15) is 11.7 Å². The monoisotopic (exact) mass is 310 g/mol. The molecule has 1 aromatic heterocycles. The first-order valence-corrected chi connectivity index (χ1v) is 7.46. The predicted molar refractivity (Wildman–Crippen MR) is 75.3 cm³/mol. The average Bonchev–Trinajstić information content (AvgIpc) is 2.95. The van der Waals surface area contributed by atoms with E-state index < -0.39 is 5.92 Å². The Balaban J connectivity index is 1.93. The van der Waals surface area contributed by atoms with E-state index in [9.17, 15) is 9.18 Å². The minimum absolute atomic E-state index is 0.239. The third kappa shape index (κ3) is 4.29. The lowest BCUT2D eigenvalue weighted by Crippen LogP contribution is -2.13. The molecule has 0 aliphatic carbocycles. The van der Waals surface area contributed by atoms with Crippen molar-refractivity contribution in [1.82, 2.24) is 10.1 Å². The average molecular weight is 310 g/mol. The summed E-state index contributed by atoms with van der Waals surface area (Å²) in [4.78, 5) is 16.6. The van der Waals surface area contributed by atoms with Crippen molar-refractivity contribution >= 4 is 17.7 Å². The van der Waals surface area contributed by atoms with Gasteiger partial charge in [-0.3, -0.25) is 4.79 Å². The summed E-state index contributed by atoms with van der Waals surface area (Å²) in [6.45, 7) is 3.70. The van der Waals surface area contributed by atoms with Crippen molar-refractivity contribution in [3.8, 4) is 0 Å². The van der Waals surface area contributed by atoms with Crippen molar-refractivity contribution in [2.45, 2.75) is 30.4 Å². The van der Waals surface area contributed by atoms with Crippen LogP contribution in [0.1, 0.15) is 31.5 Å². The molecule has 1 heterocycles. The molecule has 112 valence electrons. The zero-order chi connectivity index (χ0) is 15.2. The number of thioether (sulfide) groups is 1. The van der Waals surface area contributed by atoms with E-state index in [1.807, 2.05) is 0 Å². The lowest BCUT2D eigenvalue weighted by atomic mass is 10.2. The lowest BCUT2D eigenvalue weighted by Gasteiger charge is -2.04. The molecule has 2 aromatic rings. The summed E-state index contributed by atoms with van der Waals surface area (Å²) < 4.78 is 22.8. The van der Waals surface area contributed by atoms with Crippen LogP contribution >= 0.6 is 11.8 Å². The van der Waals surface area contributed by atoms with Crippen LogP contribution < -0.4 is 0 Å². The van der Waals surface area contributed by atoms with Crippen LogP contribution in [0.25, 0.3) is 0 Å². The van der Waals surface area contributed by atoms with Gasteiger partial charge in [-0.25, -0.2) is 4.39 Å². The first kappa shape index (κ1) is 15.5. The Kier molecular flexibility index (Phi) is 5.32. The predicted octanol–water partition coefficient (Wildman–Crippen LogP) is 3.17. The van der Waals surface area contributed by atoms with Gasteiger partial charge >= 0.3 is 5.97 Å². The molecule has 0 N–H and O–H groups in total. The SMILES string of the molecule is CCOC(=O)C(C)c1nc(CSc2ccc(F)cc2)no1. The van der Waals surface area contributed by atoms with Gasteiger partial charge in [-0.2, -0.15) is 4.98 Å². The zero-order valence-corrected chi connectivity index (χ0v) is 12.5. The number of hydrogen-bond donors (Lipinski definition) is 0. The number of benzene rings is 1. The highest BCUT2D eigenvalue weighted by molar-refractivity contribution is 7.98. The number of carbonyl (C=O) groups is 1. The van der Waals surface area contributed by atoms with Gasteiger partial charge in [0.25, 0.3) is 0 Å².